The quantitative estimate of drug-likeness (QED) is 0.511. The first-order chi connectivity index (χ1) is 9.36. The lowest BCUT2D eigenvalue weighted by molar-refractivity contribution is 0.304. The average molecular weight is 342 g/mol. The Labute approximate surface area is 132 Å². The SMILES string of the molecule is CCCCCCCOc1c(N)cc(C(C)(C)C)cc1Br. The molecule has 0 aromatic heterocycles. The lowest BCUT2D eigenvalue weighted by atomic mass is 9.87. The van der Waals surface area contributed by atoms with Crippen LogP contribution in [0.3, 0.4) is 0 Å². The molecule has 0 aliphatic rings. The largest absolute Gasteiger partial charge is 0.490 e. The van der Waals surface area contributed by atoms with Gasteiger partial charge in [-0.3, -0.25) is 0 Å². The smallest absolute Gasteiger partial charge is 0.156 e. The number of hydrogen-bond donors (Lipinski definition) is 1. The molecule has 3 heteroatoms. The van der Waals surface area contributed by atoms with Gasteiger partial charge < -0.3 is 10.5 Å². The third-order valence-electron chi connectivity index (χ3n) is 3.43. The van der Waals surface area contributed by atoms with Gasteiger partial charge >= 0.3 is 0 Å². The van der Waals surface area contributed by atoms with E-state index in [0.29, 0.717) is 0 Å². The Balaban J connectivity index is 2.59. The third-order valence-corrected chi connectivity index (χ3v) is 4.02. The fourth-order valence-electron chi connectivity index (χ4n) is 2.08. The van der Waals surface area contributed by atoms with Gasteiger partial charge in [0.15, 0.2) is 5.75 Å². The minimum Gasteiger partial charge on any atom is -0.490 e. The number of nitrogens with two attached hydrogens (primary N) is 1. The van der Waals surface area contributed by atoms with Crippen LogP contribution in [0, 0.1) is 0 Å². The van der Waals surface area contributed by atoms with Crippen molar-refractivity contribution in [3.63, 3.8) is 0 Å². The number of halogens is 1. The second-order valence-electron chi connectivity index (χ2n) is 6.39. The summed E-state index contributed by atoms with van der Waals surface area (Å²) in [5.74, 6) is 0.786. The van der Waals surface area contributed by atoms with Gasteiger partial charge in [-0.2, -0.15) is 0 Å². The van der Waals surface area contributed by atoms with Gasteiger partial charge in [0.2, 0.25) is 0 Å². The van der Waals surface area contributed by atoms with Crippen LogP contribution >= 0.6 is 15.9 Å². The van der Waals surface area contributed by atoms with E-state index in [1.807, 2.05) is 6.07 Å². The summed E-state index contributed by atoms with van der Waals surface area (Å²) in [6, 6.07) is 4.14. The molecule has 0 bridgehead atoms. The monoisotopic (exact) mass is 341 g/mol. The molecule has 0 saturated carbocycles. The zero-order valence-electron chi connectivity index (χ0n) is 13.3. The maximum Gasteiger partial charge on any atom is 0.156 e. The highest BCUT2D eigenvalue weighted by atomic mass is 79.9. The molecule has 0 saturated heterocycles. The minimum atomic E-state index is 0.0926. The Kier molecular flexibility index (Phi) is 6.87. The van der Waals surface area contributed by atoms with Crippen LogP contribution < -0.4 is 10.5 Å². The summed E-state index contributed by atoms with van der Waals surface area (Å²) in [5, 5.41) is 0. The molecule has 2 N–H and O–H groups in total. The van der Waals surface area contributed by atoms with Crippen molar-refractivity contribution in [3.05, 3.63) is 22.2 Å². The van der Waals surface area contributed by atoms with Gasteiger partial charge in [0.1, 0.15) is 0 Å². The first-order valence-corrected chi connectivity index (χ1v) is 8.38. The fraction of sp³-hybridized carbons (Fsp3) is 0.647. The predicted octanol–water partition coefficient (Wildman–Crippen LogP) is 5.68. The zero-order valence-corrected chi connectivity index (χ0v) is 14.8. The van der Waals surface area contributed by atoms with Crippen LogP contribution in [0.5, 0.6) is 5.75 Å². The molecule has 0 aliphatic carbocycles. The van der Waals surface area contributed by atoms with Crippen molar-refractivity contribution < 1.29 is 4.74 Å². The standard InChI is InChI=1S/C17H28BrNO/c1-5-6-7-8-9-10-20-16-14(18)11-13(12-15(16)19)17(2,3)4/h11-12H,5-10,19H2,1-4H3. The number of rotatable bonds is 7. The highest BCUT2D eigenvalue weighted by molar-refractivity contribution is 9.10. The number of hydrogen-bond acceptors (Lipinski definition) is 2. The van der Waals surface area contributed by atoms with E-state index < -0.39 is 0 Å². The van der Waals surface area contributed by atoms with Crippen LogP contribution in [0.4, 0.5) is 5.69 Å². The lowest BCUT2D eigenvalue weighted by Crippen LogP contribution is -2.12. The Morgan fingerprint density at radius 2 is 1.75 bits per heavy atom. The van der Waals surface area contributed by atoms with E-state index in [4.69, 9.17) is 10.5 Å². The minimum absolute atomic E-state index is 0.0926. The van der Waals surface area contributed by atoms with Crippen LogP contribution in [0.2, 0.25) is 0 Å². The second kappa shape index (κ2) is 7.92. The zero-order chi connectivity index (χ0) is 15.2. The molecule has 0 radical (unpaired) electrons. The van der Waals surface area contributed by atoms with Crippen molar-refractivity contribution in [2.24, 2.45) is 0 Å². The first-order valence-electron chi connectivity index (χ1n) is 7.58. The van der Waals surface area contributed by atoms with Crippen LogP contribution in [0.15, 0.2) is 16.6 Å². The molecule has 114 valence electrons. The van der Waals surface area contributed by atoms with Crippen LogP contribution in [-0.4, -0.2) is 6.61 Å². The maximum atomic E-state index is 6.13. The van der Waals surface area contributed by atoms with Gasteiger partial charge in [-0.05, 0) is 45.5 Å². The molecule has 0 atom stereocenters. The van der Waals surface area contributed by atoms with E-state index in [2.05, 4.69) is 49.7 Å². The Morgan fingerprint density at radius 1 is 1.10 bits per heavy atom. The van der Waals surface area contributed by atoms with Crippen molar-refractivity contribution in [3.8, 4) is 5.75 Å². The first kappa shape index (κ1) is 17.4. The van der Waals surface area contributed by atoms with E-state index in [1.165, 1.54) is 31.2 Å². The molecule has 0 fully saturated rings. The average Bonchev–Trinajstić information content (AvgIpc) is 2.34. The summed E-state index contributed by atoms with van der Waals surface area (Å²) < 4.78 is 6.80. The molecule has 0 aliphatic heterocycles. The molecule has 2 nitrogen and oxygen atoms in total. The normalized spacial score (nSPS) is 11.7. The van der Waals surface area contributed by atoms with E-state index >= 15 is 0 Å². The van der Waals surface area contributed by atoms with Gasteiger partial charge in [-0.15, -0.1) is 0 Å². The summed E-state index contributed by atoms with van der Waals surface area (Å²) in [4.78, 5) is 0. The molecule has 20 heavy (non-hydrogen) atoms. The summed E-state index contributed by atoms with van der Waals surface area (Å²) in [6.45, 7) is 9.51. The summed E-state index contributed by atoms with van der Waals surface area (Å²) in [7, 11) is 0. The van der Waals surface area contributed by atoms with Gasteiger partial charge in [0.05, 0.1) is 16.8 Å². The molecule has 0 heterocycles. The van der Waals surface area contributed by atoms with Gasteiger partial charge in [-0.1, -0.05) is 53.4 Å². The predicted molar refractivity (Wildman–Crippen MR) is 91.5 cm³/mol. The van der Waals surface area contributed by atoms with Gasteiger partial charge in [-0.25, -0.2) is 0 Å². The van der Waals surface area contributed by atoms with Gasteiger partial charge in [0, 0.05) is 0 Å². The van der Waals surface area contributed by atoms with E-state index in [0.717, 1.165) is 28.9 Å². The molecule has 1 aromatic rings. The molecular formula is C17H28BrNO. The number of nitrogen functional groups attached to an aromatic ring is 1. The third kappa shape index (κ3) is 5.35. The molecule has 0 spiro atoms. The van der Waals surface area contributed by atoms with Crippen LogP contribution in [0.1, 0.15) is 65.4 Å². The number of unbranched alkanes of at least 4 members (excludes halogenated alkanes) is 4. The van der Waals surface area contributed by atoms with Crippen molar-refractivity contribution in [2.45, 2.75) is 65.2 Å². The summed E-state index contributed by atoms with van der Waals surface area (Å²) in [6.07, 6.45) is 6.19. The Morgan fingerprint density at radius 3 is 2.30 bits per heavy atom. The number of ether oxygens (including phenoxy) is 1. The second-order valence-corrected chi connectivity index (χ2v) is 7.24. The van der Waals surface area contributed by atoms with Crippen molar-refractivity contribution >= 4 is 21.6 Å². The maximum absolute atomic E-state index is 6.13. The summed E-state index contributed by atoms with van der Waals surface area (Å²) in [5.41, 5.74) is 8.16. The molecule has 0 unspecified atom stereocenters. The lowest BCUT2D eigenvalue weighted by Gasteiger charge is -2.21. The summed E-state index contributed by atoms with van der Waals surface area (Å²) >= 11 is 3.58. The van der Waals surface area contributed by atoms with Crippen molar-refractivity contribution in [1.29, 1.82) is 0 Å². The van der Waals surface area contributed by atoms with E-state index in [-0.39, 0.29) is 5.41 Å². The molecule has 1 aromatic carbocycles. The van der Waals surface area contributed by atoms with Crippen LogP contribution in [-0.2, 0) is 5.41 Å². The van der Waals surface area contributed by atoms with Crippen LogP contribution in [0.25, 0.3) is 0 Å². The number of anilines is 1. The highest BCUT2D eigenvalue weighted by Gasteiger charge is 2.17. The number of benzene rings is 1. The van der Waals surface area contributed by atoms with E-state index in [1.54, 1.807) is 0 Å². The molecular weight excluding hydrogens is 314 g/mol. The van der Waals surface area contributed by atoms with Gasteiger partial charge in [0.25, 0.3) is 0 Å². The highest BCUT2D eigenvalue weighted by Crippen LogP contribution is 2.36. The van der Waals surface area contributed by atoms with E-state index in [9.17, 15) is 0 Å². The van der Waals surface area contributed by atoms with Crippen molar-refractivity contribution in [1.82, 2.24) is 0 Å². The van der Waals surface area contributed by atoms with Crippen molar-refractivity contribution in [2.75, 3.05) is 12.3 Å². The fourth-order valence-corrected chi connectivity index (χ4v) is 2.67. The molecule has 1 rings (SSSR count). The topological polar surface area (TPSA) is 35.2 Å². The Bertz CT molecular complexity index is 400. The Hall–Kier alpha value is -0.700. The molecule has 0 amide bonds.